The number of carbonyl (C=O) groups excluding carboxylic acids is 1. The molecule has 1 fully saturated rings. The van der Waals surface area contributed by atoms with Crippen LogP contribution >= 0.6 is 23.2 Å². The molecule has 5 nitrogen and oxygen atoms in total. The topological polar surface area (TPSA) is 66.5 Å². The number of hydrogen-bond acceptors (Lipinski definition) is 3. The van der Waals surface area contributed by atoms with Gasteiger partial charge in [-0.25, -0.2) is 8.42 Å². The zero-order valence-electron chi connectivity index (χ0n) is 13.9. The zero-order valence-corrected chi connectivity index (χ0v) is 16.2. The molecule has 2 aromatic carbocycles. The van der Waals surface area contributed by atoms with E-state index in [2.05, 4.69) is 5.32 Å². The minimum absolute atomic E-state index is 0.129. The van der Waals surface area contributed by atoms with Crippen LogP contribution in [0.1, 0.15) is 19.3 Å². The quantitative estimate of drug-likeness (QED) is 0.818. The van der Waals surface area contributed by atoms with Gasteiger partial charge in [0.1, 0.15) is 6.04 Å². The first kappa shape index (κ1) is 19.2. The molecule has 138 valence electrons. The predicted molar refractivity (Wildman–Crippen MR) is 103 cm³/mol. The van der Waals surface area contributed by atoms with E-state index < -0.39 is 16.1 Å². The number of carbonyl (C=O) groups is 1. The first-order valence-corrected chi connectivity index (χ1v) is 10.4. The summed E-state index contributed by atoms with van der Waals surface area (Å²) in [5, 5.41) is 3.72. The Morgan fingerprint density at radius 3 is 2.46 bits per heavy atom. The minimum Gasteiger partial charge on any atom is -0.325 e. The van der Waals surface area contributed by atoms with Crippen molar-refractivity contribution < 1.29 is 13.2 Å². The van der Waals surface area contributed by atoms with E-state index in [0.29, 0.717) is 35.1 Å². The molecule has 2 aromatic rings. The Morgan fingerprint density at radius 2 is 1.77 bits per heavy atom. The van der Waals surface area contributed by atoms with Crippen molar-refractivity contribution in [3.63, 3.8) is 0 Å². The van der Waals surface area contributed by atoms with Gasteiger partial charge < -0.3 is 5.32 Å². The molecule has 0 aliphatic carbocycles. The van der Waals surface area contributed by atoms with E-state index in [0.717, 1.165) is 6.42 Å². The van der Waals surface area contributed by atoms with Gasteiger partial charge in [0.05, 0.1) is 4.90 Å². The van der Waals surface area contributed by atoms with Gasteiger partial charge >= 0.3 is 0 Å². The molecule has 0 radical (unpaired) electrons. The summed E-state index contributed by atoms with van der Waals surface area (Å²) in [7, 11) is -3.79. The fourth-order valence-electron chi connectivity index (χ4n) is 2.99. The summed E-state index contributed by atoms with van der Waals surface area (Å²) < 4.78 is 27.3. The lowest BCUT2D eigenvalue weighted by Crippen LogP contribution is -2.49. The highest BCUT2D eigenvalue weighted by atomic mass is 35.5. The summed E-state index contributed by atoms with van der Waals surface area (Å²) in [6.45, 7) is 0.304. The number of benzene rings is 2. The van der Waals surface area contributed by atoms with Gasteiger partial charge in [0.25, 0.3) is 0 Å². The molecule has 1 heterocycles. The first-order chi connectivity index (χ1) is 12.4. The van der Waals surface area contributed by atoms with Crippen molar-refractivity contribution >= 4 is 44.8 Å². The Labute approximate surface area is 163 Å². The van der Waals surface area contributed by atoms with Gasteiger partial charge in [0.2, 0.25) is 15.9 Å². The molecule has 0 aromatic heterocycles. The third-order valence-electron chi connectivity index (χ3n) is 4.27. The summed E-state index contributed by atoms with van der Waals surface area (Å²) in [5.41, 5.74) is 0.539. The highest BCUT2D eigenvalue weighted by Gasteiger charge is 2.37. The number of hydrogen-bond donors (Lipinski definition) is 1. The molecular weight excluding hydrogens is 395 g/mol. The number of sulfonamides is 1. The van der Waals surface area contributed by atoms with Gasteiger partial charge in [-0.1, -0.05) is 35.7 Å². The number of halogens is 2. The molecule has 1 saturated heterocycles. The predicted octanol–water partition coefficient (Wildman–Crippen LogP) is 4.18. The fraction of sp³-hybridized carbons (Fsp3) is 0.278. The van der Waals surface area contributed by atoms with E-state index in [1.54, 1.807) is 24.3 Å². The maximum atomic E-state index is 13.0. The summed E-state index contributed by atoms with van der Waals surface area (Å²) in [5.74, 6) is -0.357. The van der Waals surface area contributed by atoms with Crippen molar-refractivity contribution in [3.8, 4) is 0 Å². The molecular formula is C18H18Cl2N2O3S. The van der Waals surface area contributed by atoms with Crippen LogP contribution in [0, 0.1) is 0 Å². The molecule has 26 heavy (non-hydrogen) atoms. The van der Waals surface area contributed by atoms with Crippen molar-refractivity contribution in [2.45, 2.75) is 30.2 Å². The van der Waals surface area contributed by atoms with E-state index in [4.69, 9.17) is 23.2 Å². The number of rotatable bonds is 4. The number of piperidine rings is 1. The van der Waals surface area contributed by atoms with Crippen LogP contribution in [-0.4, -0.2) is 31.2 Å². The second-order valence-corrected chi connectivity index (χ2v) is 8.84. The maximum Gasteiger partial charge on any atom is 0.243 e. The zero-order chi connectivity index (χ0) is 18.7. The van der Waals surface area contributed by atoms with Gasteiger partial charge in [-0.2, -0.15) is 4.31 Å². The summed E-state index contributed by atoms with van der Waals surface area (Å²) in [6, 6.07) is 12.0. The second-order valence-electron chi connectivity index (χ2n) is 6.08. The smallest absolute Gasteiger partial charge is 0.243 e. The summed E-state index contributed by atoms with van der Waals surface area (Å²) >= 11 is 11.8. The molecule has 1 aliphatic rings. The fourth-order valence-corrected chi connectivity index (χ4v) is 4.96. The summed E-state index contributed by atoms with van der Waals surface area (Å²) in [4.78, 5) is 12.9. The monoisotopic (exact) mass is 412 g/mol. The van der Waals surface area contributed by atoms with Gasteiger partial charge in [-0.15, -0.1) is 0 Å². The maximum absolute atomic E-state index is 13.0. The van der Waals surface area contributed by atoms with Crippen LogP contribution in [0.25, 0.3) is 0 Å². The van der Waals surface area contributed by atoms with Crippen LogP contribution < -0.4 is 5.32 Å². The molecule has 1 N–H and O–H groups in total. The SMILES string of the molecule is O=C(Nc1cccc(Cl)c1)[C@H]1CCCCN1S(=O)(=O)c1ccc(Cl)cc1. The molecule has 3 rings (SSSR count). The normalized spacial score (nSPS) is 18.5. The van der Waals surface area contributed by atoms with Crippen molar-refractivity contribution in [2.75, 3.05) is 11.9 Å². The van der Waals surface area contributed by atoms with Crippen LogP contribution in [0.15, 0.2) is 53.4 Å². The minimum atomic E-state index is -3.79. The van der Waals surface area contributed by atoms with Crippen LogP contribution in [0.5, 0.6) is 0 Å². The van der Waals surface area contributed by atoms with Crippen LogP contribution in [0.2, 0.25) is 10.0 Å². The van der Waals surface area contributed by atoms with Crippen molar-refractivity contribution in [3.05, 3.63) is 58.6 Å². The molecule has 1 amide bonds. The van der Waals surface area contributed by atoms with E-state index in [1.165, 1.54) is 28.6 Å². The van der Waals surface area contributed by atoms with Gasteiger partial charge in [-0.05, 0) is 55.3 Å². The molecule has 1 atom stereocenters. The lowest BCUT2D eigenvalue weighted by molar-refractivity contribution is -0.120. The van der Waals surface area contributed by atoms with Gasteiger partial charge in [-0.3, -0.25) is 4.79 Å². The average molecular weight is 413 g/mol. The number of nitrogens with zero attached hydrogens (tertiary/aromatic N) is 1. The number of nitrogens with one attached hydrogen (secondary N) is 1. The van der Waals surface area contributed by atoms with E-state index >= 15 is 0 Å². The van der Waals surface area contributed by atoms with Crippen molar-refractivity contribution in [1.82, 2.24) is 4.31 Å². The standard InChI is InChI=1S/C18H18Cl2N2O3S/c19-13-7-9-16(10-8-13)26(24,25)22-11-2-1-6-17(22)18(23)21-15-5-3-4-14(20)12-15/h3-5,7-10,12,17H,1-2,6,11H2,(H,21,23)/t17-/m1/s1. The third kappa shape index (κ3) is 4.20. The van der Waals surface area contributed by atoms with E-state index in [-0.39, 0.29) is 10.8 Å². The second kappa shape index (κ2) is 7.96. The lowest BCUT2D eigenvalue weighted by Gasteiger charge is -2.33. The largest absolute Gasteiger partial charge is 0.325 e. The summed E-state index contributed by atoms with van der Waals surface area (Å²) in [6.07, 6.45) is 1.98. The number of anilines is 1. The first-order valence-electron chi connectivity index (χ1n) is 8.22. The molecule has 0 spiro atoms. The van der Waals surface area contributed by atoms with Crippen LogP contribution in [-0.2, 0) is 14.8 Å². The van der Waals surface area contributed by atoms with Crippen molar-refractivity contribution in [1.29, 1.82) is 0 Å². The van der Waals surface area contributed by atoms with E-state index in [1.807, 2.05) is 0 Å². The van der Waals surface area contributed by atoms with Crippen LogP contribution in [0.4, 0.5) is 5.69 Å². The molecule has 1 aliphatic heterocycles. The van der Waals surface area contributed by atoms with Crippen molar-refractivity contribution in [2.24, 2.45) is 0 Å². The third-order valence-corrected chi connectivity index (χ3v) is 6.68. The molecule has 0 saturated carbocycles. The Balaban J connectivity index is 1.85. The highest BCUT2D eigenvalue weighted by Crippen LogP contribution is 2.27. The van der Waals surface area contributed by atoms with Gasteiger partial charge in [0, 0.05) is 22.3 Å². The molecule has 0 bridgehead atoms. The average Bonchev–Trinajstić information content (AvgIpc) is 2.62. The Morgan fingerprint density at radius 1 is 1.04 bits per heavy atom. The van der Waals surface area contributed by atoms with Gasteiger partial charge in [0.15, 0.2) is 0 Å². The molecule has 8 heteroatoms. The molecule has 0 unspecified atom stereocenters. The Bertz CT molecular complexity index is 901. The lowest BCUT2D eigenvalue weighted by atomic mass is 10.0. The number of amides is 1. The van der Waals surface area contributed by atoms with E-state index in [9.17, 15) is 13.2 Å². The Hall–Kier alpha value is -1.60. The van der Waals surface area contributed by atoms with Crippen LogP contribution in [0.3, 0.4) is 0 Å². The highest BCUT2D eigenvalue weighted by molar-refractivity contribution is 7.89. The Kier molecular flexibility index (Phi) is 5.87.